The molecular formula is C26H27N3O3. The number of amides is 1. The van der Waals surface area contributed by atoms with Gasteiger partial charge < -0.3 is 19.4 Å². The van der Waals surface area contributed by atoms with Gasteiger partial charge in [-0.15, -0.1) is 0 Å². The first-order chi connectivity index (χ1) is 15.5. The number of carbonyl (C=O) groups excluding carboxylic acids is 1. The summed E-state index contributed by atoms with van der Waals surface area (Å²) in [5.74, 6) is 1.26. The Bertz CT molecular complexity index is 1220. The van der Waals surface area contributed by atoms with Crippen molar-refractivity contribution in [2.24, 2.45) is 7.05 Å². The SMILES string of the molecule is COc1cc(C(C)NC(=O)Cc2cn(C)c3ccccc23)ccc1OCc1ccncc1. The average Bonchev–Trinajstić information content (AvgIpc) is 3.13. The minimum Gasteiger partial charge on any atom is -0.493 e. The van der Waals surface area contributed by atoms with E-state index in [9.17, 15) is 4.79 Å². The third kappa shape index (κ3) is 4.75. The number of nitrogens with zero attached hydrogens (tertiary/aromatic N) is 2. The molecule has 0 aliphatic rings. The van der Waals surface area contributed by atoms with Crippen LogP contribution in [0.4, 0.5) is 0 Å². The average molecular weight is 430 g/mol. The Morgan fingerprint density at radius 3 is 2.66 bits per heavy atom. The molecule has 164 valence electrons. The highest BCUT2D eigenvalue weighted by molar-refractivity contribution is 5.89. The van der Waals surface area contributed by atoms with Gasteiger partial charge in [-0.3, -0.25) is 9.78 Å². The van der Waals surface area contributed by atoms with E-state index in [0.29, 0.717) is 24.5 Å². The van der Waals surface area contributed by atoms with Crippen LogP contribution in [0.2, 0.25) is 0 Å². The molecule has 1 atom stereocenters. The second-order valence-corrected chi connectivity index (χ2v) is 7.80. The maximum atomic E-state index is 12.7. The monoisotopic (exact) mass is 429 g/mol. The smallest absolute Gasteiger partial charge is 0.224 e. The Kier molecular flexibility index (Phi) is 6.40. The van der Waals surface area contributed by atoms with E-state index in [1.165, 1.54) is 0 Å². The van der Waals surface area contributed by atoms with Gasteiger partial charge in [-0.2, -0.15) is 0 Å². The summed E-state index contributed by atoms with van der Waals surface area (Å²) in [6.07, 6.45) is 5.83. The number of fused-ring (bicyclic) bond motifs is 1. The number of aryl methyl sites for hydroxylation is 1. The highest BCUT2D eigenvalue weighted by Gasteiger charge is 2.15. The van der Waals surface area contributed by atoms with E-state index in [1.54, 1.807) is 19.5 Å². The number of para-hydroxylation sites is 1. The predicted octanol–water partition coefficient (Wildman–Crippen LogP) is 4.58. The maximum absolute atomic E-state index is 12.7. The number of pyridine rings is 1. The molecule has 0 radical (unpaired) electrons. The Hall–Kier alpha value is -3.80. The van der Waals surface area contributed by atoms with Crippen molar-refractivity contribution in [2.45, 2.75) is 26.0 Å². The van der Waals surface area contributed by atoms with Gasteiger partial charge in [0.05, 0.1) is 19.6 Å². The van der Waals surface area contributed by atoms with Crippen LogP contribution < -0.4 is 14.8 Å². The lowest BCUT2D eigenvalue weighted by atomic mass is 10.1. The fraction of sp³-hybridized carbons (Fsp3) is 0.231. The fourth-order valence-corrected chi connectivity index (χ4v) is 3.83. The van der Waals surface area contributed by atoms with E-state index in [-0.39, 0.29) is 11.9 Å². The summed E-state index contributed by atoms with van der Waals surface area (Å²) >= 11 is 0. The number of methoxy groups -OCH3 is 1. The van der Waals surface area contributed by atoms with Crippen molar-refractivity contribution < 1.29 is 14.3 Å². The second kappa shape index (κ2) is 9.56. The molecule has 0 bridgehead atoms. The highest BCUT2D eigenvalue weighted by atomic mass is 16.5. The fourth-order valence-electron chi connectivity index (χ4n) is 3.83. The van der Waals surface area contributed by atoms with E-state index in [0.717, 1.165) is 27.6 Å². The van der Waals surface area contributed by atoms with Gasteiger partial charge in [0.2, 0.25) is 5.91 Å². The van der Waals surface area contributed by atoms with Crippen LogP contribution in [0.1, 0.15) is 29.7 Å². The number of benzene rings is 2. The topological polar surface area (TPSA) is 65.4 Å². The molecule has 0 spiro atoms. The molecule has 2 aromatic heterocycles. The van der Waals surface area contributed by atoms with E-state index >= 15 is 0 Å². The van der Waals surface area contributed by atoms with Crippen LogP contribution in [0, 0.1) is 0 Å². The molecular weight excluding hydrogens is 402 g/mol. The van der Waals surface area contributed by atoms with Gasteiger partial charge in [0.15, 0.2) is 11.5 Å². The van der Waals surface area contributed by atoms with Crippen molar-refractivity contribution in [3.05, 3.63) is 89.9 Å². The summed E-state index contributed by atoms with van der Waals surface area (Å²) in [5, 5.41) is 4.20. The van der Waals surface area contributed by atoms with Crippen molar-refractivity contribution in [1.29, 1.82) is 0 Å². The van der Waals surface area contributed by atoms with Gasteiger partial charge in [-0.25, -0.2) is 0 Å². The molecule has 1 amide bonds. The standard InChI is InChI=1S/C26H27N3O3/c1-18(28-26(30)15-21-16-29(2)23-7-5-4-6-22(21)23)20-8-9-24(25(14-20)31-3)32-17-19-10-12-27-13-11-19/h4-14,16,18H,15,17H2,1-3H3,(H,28,30). The van der Waals surface area contributed by atoms with Crippen molar-refractivity contribution >= 4 is 16.8 Å². The third-order valence-electron chi connectivity index (χ3n) is 5.54. The van der Waals surface area contributed by atoms with Crippen LogP contribution in [0.25, 0.3) is 10.9 Å². The van der Waals surface area contributed by atoms with Crippen molar-refractivity contribution in [2.75, 3.05) is 7.11 Å². The van der Waals surface area contributed by atoms with Gasteiger partial charge in [0.1, 0.15) is 6.61 Å². The van der Waals surface area contributed by atoms with Crippen LogP contribution in [-0.4, -0.2) is 22.6 Å². The quantitative estimate of drug-likeness (QED) is 0.445. The molecule has 0 saturated carbocycles. The molecule has 32 heavy (non-hydrogen) atoms. The van der Waals surface area contributed by atoms with Crippen LogP contribution >= 0.6 is 0 Å². The van der Waals surface area contributed by atoms with Crippen molar-refractivity contribution in [3.8, 4) is 11.5 Å². The number of hydrogen-bond donors (Lipinski definition) is 1. The van der Waals surface area contributed by atoms with Gasteiger partial charge in [0.25, 0.3) is 0 Å². The first kappa shape index (κ1) is 21.4. The van der Waals surface area contributed by atoms with Crippen LogP contribution in [0.5, 0.6) is 11.5 Å². The number of carbonyl (C=O) groups is 1. The van der Waals surface area contributed by atoms with Crippen LogP contribution in [0.3, 0.4) is 0 Å². The Labute approximate surface area is 187 Å². The number of hydrogen-bond acceptors (Lipinski definition) is 4. The number of ether oxygens (including phenoxy) is 2. The molecule has 0 aliphatic carbocycles. The van der Waals surface area contributed by atoms with Gasteiger partial charge >= 0.3 is 0 Å². The van der Waals surface area contributed by atoms with Crippen molar-refractivity contribution in [3.63, 3.8) is 0 Å². The first-order valence-electron chi connectivity index (χ1n) is 10.6. The molecule has 4 aromatic rings. The number of nitrogens with one attached hydrogen (secondary N) is 1. The Balaban J connectivity index is 1.42. The molecule has 0 fully saturated rings. The minimum absolute atomic E-state index is 0.0224. The summed E-state index contributed by atoms with van der Waals surface area (Å²) in [7, 11) is 3.61. The summed E-state index contributed by atoms with van der Waals surface area (Å²) in [6, 6.07) is 17.5. The minimum atomic E-state index is -0.166. The summed E-state index contributed by atoms with van der Waals surface area (Å²) in [5.41, 5.74) is 4.12. The largest absolute Gasteiger partial charge is 0.493 e. The van der Waals surface area contributed by atoms with E-state index in [2.05, 4.69) is 27.0 Å². The normalized spacial score (nSPS) is 11.8. The van der Waals surface area contributed by atoms with Crippen LogP contribution in [0.15, 0.2) is 73.2 Å². The van der Waals surface area contributed by atoms with Crippen LogP contribution in [-0.2, 0) is 24.9 Å². The third-order valence-corrected chi connectivity index (χ3v) is 5.54. The molecule has 6 nitrogen and oxygen atoms in total. The Morgan fingerprint density at radius 1 is 1.09 bits per heavy atom. The Morgan fingerprint density at radius 2 is 1.88 bits per heavy atom. The van der Waals surface area contributed by atoms with E-state index in [1.807, 2.05) is 62.6 Å². The lowest BCUT2D eigenvalue weighted by Gasteiger charge is -2.17. The molecule has 2 aromatic carbocycles. The van der Waals surface area contributed by atoms with Crippen molar-refractivity contribution in [1.82, 2.24) is 14.9 Å². The van der Waals surface area contributed by atoms with Gasteiger partial charge in [-0.1, -0.05) is 24.3 Å². The molecule has 0 aliphatic heterocycles. The number of aromatic nitrogens is 2. The first-order valence-corrected chi connectivity index (χ1v) is 10.6. The zero-order valence-corrected chi connectivity index (χ0v) is 18.5. The predicted molar refractivity (Wildman–Crippen MR) is 125 cm³/mol. The summed E-state index contributed by atoms with van der Waals surface area (Å²) in [6.45, 7) is 2.39. The molecule has 6 heteroatoms. The lowest BCUT2D eigenvalue weighted by molar-refractivity contribution is -0.121. The zero-order valence-electron chi connectivity index (χ0n) is 18.5. The van der Waals surface area contributed by atoms with Gasteiger partial charge in [-0.05, 0) is 53.9 Å². The second-order valence-electron chi connectivity index (χ2n) is 7.80. The lowest BCUT2D eigenvalue weighted by Crippen LogP contribution is -2.28. The zero-order chi connectivity index (χ0) is 22.5. The van der Waals surface area contributed by atoms with E-state index in [4.69, 9.17) is 9.47 Å². The molecule has 1 N–H and O–H groups in total. The van der Waals surface area contributed by atoms with Gasteiger partial charge in [0, 0.05) is 36.5 Å². The molecule has 0 saturated heterocycles. The maximum Gasteiger partial charge on any atom is 0.224 e. The van der Waals surface area contributed by atoms with E-state index < -0.39 is 0 Å². The molecule has 2 heterocycles. The molecule has 4 rings (SSSR count). The highest BCUT2D eigenvalue weighted by Crippen LogP contribution is 2.31. The molecule has 1 unspecified atom stereocenters. The summed E-state index contributed by atoms with van der Waals surface area (Å²) < 4.78 is 13.5. The summed E-state index contributed by atoms with van der Waals surface area (Å²) in [4.78, 5) is 16.8. The number of rotatable bonds is 8.